The fourth-order valence-electron chi connectivity index (χ4n) is 5.47. The van der Waals surface area contributed by atoms with E-state index in [1.165, 1.54) is 18.3 Å². The van der Waals surface area contributed by atoms with Crippen LogP contribution in [-0.4, -0.2) is 62.5 Å². The second-order valence-electron chi connectivity index (χ2n) is 11.3. The Hall–Kier alpha value is -4.43. The van der Waals surface area contributed by atoms with Gasteiger partial charge in [0.2, 0.25) is 0 Å². The largest absolute Gasteiger partial charge is 0.490 e. The van der Waals surface area contributed by atoms with Crippen molar-refractivity contribution in [1.29, 1.82) is 0 Å². The van der Waals surface area contributed by atoms with Crippen LogP contribution >= 0.6 is 0 Å². The highest BCUT2D eigenvalue weighted by Crippen LogP contribution is 2.30. The molecule has 0 bridgehead atoms. The lowest BCUT2D eigenvalue weighted by atomic mass is 10.1. The third-order valence-electron chi connectivity index (χ3n) is 8.06. The van der Waals surface area contributed by atoms with Gasteiger partial charge in [-0.3, -0.25) is 13.7 Å². The first-order chi connectivity index (χ1) is 22.1. The predicted molar refractivity (Wildman–Crippen MR) is 165 cm³/mol. The van der Waals surface area contributed by atoms with Crippen molar-refractivity contribution < 1.29 is 31.8 Å². The zero-order chi connectivity index (χ0) is 32.3. The van der Waals surface area contributed by atoms with Crippen LogP contribution in [0.1, 0.15) is 23.1 Å². The topological polar surface area (TPSA) is 103 Å². The van der Waals surface area contributed by atoms with Crippen LogP contribution in [0.2, 0.25) is 0 Å². The number of piperazine rings is 1. The minimum Gasteiger partial charge on any atom is -0.490 e. The number of halogens is 3. The molecule has 0 spiro atoms. The third-order valence-corrected chi connectivity index (χ3v) is 9.45. The number of hydrogen-bond acceptors (Lipinski definition) is 8. The second kappa shape index (κ2) is 13.5. The number of nitrogens with zero attached hydrogens (tertiary/aromatic N) is 5. The molecule has 0 N–H and O–H groups in total. The Kier molecular flexibility index (Phi) is 9.27. The molecule has 1 saturated heterocycles. The Morgan fingerprint density at radius 3 is 2.26 bits per heavy atom. The first-order valence-corrected chi connectivity index (χ1v) is 16.1. The number of fused-ring (bicyclic) bond motifs is 1. The van der Waals surface area contributed by atoms with Gasteiger partial charge in [-0.2, -0.15) is 13.2 Å². The van der Waals surface area contributed by atoms with Gasteiger partial charge in [-0.15, -0.1) is 0 Å². The van der Waals surface area contributed by atoms with E-state index in [0.29, 0.717) is 30.0 Å². The minimum atomic E-state index is -4.39. The molecule has 242 valence electrons. The molecule has 0 aliphatic carbocycles. The Morgan fingerprint density at radius 2 is 1.61 bits per heavy atom. The number of nitro groups is 1. The third kappa shape index (κ3) is 7.68. The quantitative estimate of drug-likeness (QED) is 0.159. The Bertz CT molecular complexity index is 1670. The molecule has 2 atom stereocenters. The van der Waals surface area contributed by atoms with E-state index in [-0.39, 0.29) is 23.7 Å². The number of anilines is 1. The van der Waals surface area contributed by atoms with Crippen LogP contribution in [0.5, 0.6) is 11.8 Å². The molecule has 4 aromatic rings. The monoisotopic (exact) mass is 655 g/mol. The van der Waals surface area contributed by atoms with Crippen LogP contribution in [0, 0.1) is 10.1 Å². The smallest absolute Gasteiger partial charge is 0.416 e. The summed E-state index contributed by atoms with van der Waals surface area (Å²) >= 11 is 0. The average Bonchev–Trinajstić information content (AvgIpc) is 3.49. The van der Waals surface area contributed by atoms with E-state index in [4.69, 9.17) is 9.47 Å². The molecule has 0 amide bonds. The SMILES string of the molecule is O=[N+]([O-])c1cn2c(n1)OC(COc1ccc(N3CCN(Cc4ccc(S(=O)Cc5ccc(C(F)(F)F)cc5)cc4)CC3)cc1)CC2. The van der Waals surface area contributed by atoms with Crippen LogP contribution in [-0.2, 0) is 35.8 Å². The summed E-state index contributed by atoms with van der Waals surface area (Å²) in [5, 5.41) is 11.0. The highest BCUT2D eigenvalue weighted by atomic mass is 32.2. The fraction of sp³-hybridized carbons (Fsp3) is 0.344. The molecule has 1 aromatic heterocycles. The molecular formula is C32H32F3N5O5S. The van der Waals surface area contributed by atoms with Crippen molar-refractivity contribution in [2.45, 2.75) is 42.4 Å². The molecule has 14 heteroatoms. The summed E-state index contributed by atoms with van der Waals surface area (Å²) in [4.78, 5) is 19.7. The van der Waals surface area contributed by atoms with Gasteiger partial charge in [-0.05, 0) is 64.6 Å². The van der Waals surface area contributed by atoms with Crippen LogP contribution in [0.15, 0.2) is 83.9 Å². The molecule has 2 unspecified atom stereocenters. The zero-order valence-electron chi connectivity index (χ0n) is 24.8. The zero-order valence-corrected chi connectivity index (χ0v) is 25.6. The molecule has 2 aliphatic rings. The van der Waals surface area contributed by atoms with E-state index in [1.807, 2.05) is 48.5 Å². The van der Waals surface area contributed by atoms with E-state index in [9.17, 15) is 27.5 Å². The molecule has 0 saturated carbocycles. The molecule has 10 nitrogen and oxygen atoms in total. The minimum absolute atomic E-state index is 0.156. The van der Waals surface area contributed by atoms with E-state index in [0.717, 1.165) is 61.9 Å². The lowest BCUT2D eigenvalue weighted by Gasteiger charge is -2.36. The number of benzene rings is 3. The summed E-state index contributed by atoms with van der Waals surface area (Å²) in [6.07, 6.45) is -2.59. The molecule has 0 radical (unpaired) electrons. The second-order valence-corrected chi connectivity index (χ2v) is 12.7. The van der Waals surface area contributed by atoms with Crippen molar-refractivity contribution in [3.63, 3.8) is 0 Å². The van der Waals surface area contributed by atoms with Crippen molar-refractivity contribution in [1.82, 2.24) is 14.5 Å². The molecular weight excluding hydrogens is 623 g/mol. The number of rotatable bonds is 10. The first-order valence-electron chi connectivity index (χ1n) is 14.8. The summed E-state index contributed by atoms with van der Waals surface area (Å²) in [5.74, 6) is 0.647. The fourth-order valence-corrected chi connectivity index (χ4v) is 6.57. The van der Waals surface area contributed by atoms with E-state index in [2.05, 4.69) is 14.8 Å². The summed E-state index contributed by atoms with van der Waals surface area (Å²) in [6, 6.07) is 20.5. The number of aromatic nitrogens is 2. The van der Waals surface area contributed by atoms with E-state index < -0.39 is 27.5 Å². The van der Waals surface area contributed by atoms with Gasteiger partial charge >= 0.3 is 18.0 Å². The molecule has 3 aromatic carbocycles. The van der Waals surface area contributed by atoms with Crippen LogP contribution < -0.4 is 14.4 Å². The lowest BCUT2D eigenvalue weighted by molar-refractivity contribution is -0.389. The van der Waals surface area contributed by atoms with Crippen LogP contribution in [0.4, 0.5) is 24.7 Å². The predicted octanol–water partition coefficient (Wildman–Crippen LogP) is 5.67. The number of hydrogen-bond donors (Lipinski definition) is 0. The Balaban J connectivity index is 0.931. The molecule has 6 rings (SSSR count). The van der Waals surface area contributed by atoms with Gasteiger partial charge in [0.25, 0.3) is 0 Å². The Morgan fingerprint density at radius 1 is 0.935 bits per heavy atom. The van der Waals surface area contributed by atoms with Gasteiger partial charge < -0.3 is 24.5 Å². The summed E-state index contributed by atoms with van der Waals surface area (Å²) in [7, 11) is -1.36. The van der Waals surface area contributed by atoms with Crippen molar-refractivity contribution >= 4 is 22.3 Å². The molecule has 2 aliphatic heterocycles. The number of alkyl halides is 3. The maximum absolute atomic E-state index is 12.8. The van der Waals surface area contributed by atoms with Crippen molar-refractivity contribution in [2.24, 2.45) is 0 Å². The van der Waals surface area contributed by atoms with E-state index in [1.54, 1.807) is 4.57 Å². The summed E-state index contributed by atoms with van der Waals surface area (Å²) in [5.41, 5.74) is 2.09. The maximum atomic E-state index is 12.8. The standard InChI is InChI=1S/C32H32F3N5O5S/c33-32(34,35)25-5-1-24(2-6-25)22-46(43)29-11-3-23(4-12-29)19-37-15-17-38(18-16-37)26-7-9-27(10-8-26)44-21-28-13-14-39-20-30(40(41)42)36-31(39)45-28/h1-12,20,28H,13-19,21-22H2. The number of imidazole rings is 1. The van der Waals surface area contributed by atoms with Gasteiger partial charge in [-0.1, -0.05) is 24.3 Å². The summed E-state index contributed by atoms with van der Waals surface area (Å²) in [6.45, 7) is 5.15. The number of aryl methyl sites for hydroxylation is 1. The summed E-state index contributed by atoms with van der Waals surface area (Å²) < 4.78 is 64.5. The van der Waals surface area contributed by atoms with Crippen LogP contribution in [0.3, 0.4) is 0 Å². The normalized spacial score (nSPS) is 17.6. The molecule has 46 heavy (non-hydrogen) atoms. The van der Waals surface area contributed by atoms with E-state index >= 15 is 0 Å². The van der Waals surface area contributed by atoms with Crippen molar-refractivity contribution in [3.05, 3.63) is 106 Å². The van der Waals surface area contributed by atoms with Crippen LogP contribution in [0.25, 0.3) is 0 Å². The average molecular weight is 656 g/mol. The molecule has 3 heterocycles. The van der Waals surface area contributed by atoms with Gasteiger partial charge in [0, 0.05) is 61.3 Å². The first kappa shape index (κ1) is 31.5. The van der Waals surface area contributed by atoms with Crippen molar-refractivity contribution in [3.8, 4) is 11.8 Å². The van der Waals surface area contributed by atoms with Gasteiger partial charge in [0.15, 0.2) is 0 Å². The van der Waals surface area contributed by atoms with Gasteiger partial charge in [0.05, 0.1) is 22.1 Å². The highest BCUT2D eigenvalue weighted by Gasteiger charge is 2.30. The van der Waals surface area contributed by atoms with Crippen molar-refractivity contribution in [2.75, 3.05) is 37.7 Å². The molecule has 1 fully saturated rings. The highest BCUT2D eigenvalue weighted by molar-refractivity contribution is 7.84. The van der Waals surface area contributed by atoms with Gasteiger partial charge in [-0.25, -0.2) is 0 Å². The maximum Gasteiger partial charge on any atom is 0.416 e. The Labute approximate surface area is 266 Å². The van der Waals surface area contributed by atoms with Gasteiger partial charge in [0.1, 0.15) is 24.7 Å². The lowest BCUT2D eigenvalue weighted by Crippen LogP contribution is -2.45. The number of ether oxygens (including phenoxy) is 2.